The number of nitrogens with zero attached hydrogens (tertiary/aromatic N) is 1. The van der Waals surface area contributed by atoms with Crippen LogP contribution in [0.4, 0.5) is 4.39 Å². The molecule has 18 heavy (non-hydrogen) atoms. The van der Waals surface area contributed by atoms with Crippen molar-refractivity contribution >= 4 is 16.9 Å². The van der Waals surface area contributed by atoms with Crippen molar-refractivity contribution in [3.63, 3.8) is 0 Å². The molecule has 1 aromatic carbocycles. The summed E-state index contributed by atoms with van der Waals surface area (Å²) >= 11 is 0. The van der Waals surface area contributed by atoms with Crippen molar-refractivity contribution in [3.05, 3.63) is 35.8 Å². The van der Waals surface area contributed by atoms with Crippen LogP contribution in [0.2, 0.25) is 0 Å². The van der Waals surface area contributed by atoms with E-state index in [9.17, 15) is 9.18 Å². The Bertz CT molecular complexity index is 577. The number of aryl methyl sites for hydroxylation is 1. The summed E-state index contributed by atoms with van der Waals surface area (Å²) in [6.45, 7) is 1.24. The van der Waals surface area contributed by atoms with E-state index in [4.69, 9.17) is 9.84 Å². The highest BCUT2D eigenvalue weighted by Gasteiger charge is 2.14. The van der Waals surface area contributed by atoms with E-state index in [1.807, 2.05) is 4.57 Å². The fraction of sp³-hybridized carbons (Fsp3) is 0.308. The fourth-order valence-electron chi connectivity index (χ4n) is 2.00. The van der Waals surface area contributed by atoms with Gasteiger partial charge in [-0.25, -0.2) is 9.18 Å². The fourth-order valence-corrected chi connectivity index (χ4v) is 2.00. The van der Waals surface area contributed by atoms with Gasteiger partial charge in [0.1, 0.15) is 5.82 Å². The zero-order valence-corrected chi connectivity index (χ0v) is 10.0. The van der Waals surface area contributed by atoms with Gasteiger partial charge in [-0.05, 0) is 24.6 Å². The molecule has 5 heteroatoms. The lowest BCUT2D eigenvalue weighted by Crippen LogP contribution is -2.00. The summed E-state index contributed by atoms with van der Waals surface area (Å²) in [7, 11) is 1.62. The molecule has 4 nitrogen and oxygen atoms in total. The number of ether oxygens (including phenoxy) is 1. The normalized spacial score (nSPS) is 11.0. The predicted molar refractivity (Wildman–Crippen MR) is 65.3 cm³/mol. The van der Waals surface area contributed by atoms with Gasteiger partial charge in [0, 0.05) is 37.4 Å². The van der Waals surface area contributed by atoms with E-state index in [0.717, 1.165) is 11.9 Å². The van der Waals surface area contributed by atoms with Crippen LogP contribution in [-0.4, -0.2) is 29.4 Å². The number of hydrogen-bond acceptors (Lipinski definition) is 2. The molecule has 0 atom stereocenters. The molecule has 0 unspecified atom stereocenters. The van der Waals surface area contributed by atoms with Crippen molar-refractivity contribution in [1.82, 2.24) is 4.57 Å². The minimum absolute atomic E-state index is 0.127. The summed E-state index contributed by atoms with van der Waals surface area (Å²) < 4.78 is 19.9. The second-order valence-electron chi connectivity index (χ2n) is 4.05. The molecule has 0 saturated carbocycles. The Balaban J connectivity index is 2.44. The molecular weight excluding hydrogens is 237 g/mol. The van der Waals surface area contributed by atoms with E-state index < -0.39 is 11.8 Å². The smallest absolute Gasteiger partial charge is 0.337 e. The van der Waals surface area contributed by atoms with E-state index in [1.54, 1.807) is 19.4 Å². The van der Waals surface area contributed by atoms with E-state index >= 15 is 0 Å². The molecule has 0 amide bonds. The quantitative estimate of drug-likeness (QED) is 0.831. The van der Waals surface area contributed by atoms with Gasteiger partial charge < -0.3 is 14.4 Å². The van der Waals surface area contributed by atoms with Crippen LogP contribution in [0, 0.1) is 5.82 Å². The highest BCUT2D eigenvalue weighted by Crippen LogP contribution is 2.23. The zero-order valence-electron chi connectivity index (χ0n) is 10.0. The van der Waals surface area contributed by atoms with Crippen molar-refractivity contribution in [3.8, 4) is 0 Å². The molecule has 0 aliphatic rings. The molecule has 0 fully saturated rings. The zero-order chi connectivity index (χ0) is 13.1. The lowest BCUT2D eigenvalue weighted by atomic mass is 10.2. The lowest BCUT2D eigenvalue weighted by Gasteiger charge is -2.04. The molecule has 1 aromatic heterocycles. The van der Waals surface area contributed by atoms with Crippen molar-refractivity contribution in [2.75, 3.05) is 13.7 Å². The topological polar surface area (TPSA) is 51.5 Å². The molecule has 0 saturated heterocycles. The van der Waals surface area contributed by atoms with E-state index in [1.165, 1.54) is 12.1 Å². The van der Waals surface area contributed by atoms with Gasteiger partial charge in [0.05, 0.1) is 5.56 Å². The Kier molecular flexibility index (Phi) is 3.62. The summed E-state index contributed by atoms with van der Waals surface area (Å²) in [6.07, 6.45) is 2.32. The van der Waals surface area contributed by atoms with Gasteiger partial charge in [-0.3, -0.25) is 0 Å². The number of benzene rings is 1. The van der Waals surface area contributed by atoms with Gasteiger partial charge in [0.2, 0.25) is 0 Å². The summed E-state index contributed by atoms with van der Waals surface area (Å²) in [6, 6.07) is 4.19. The van der Waals surface area contributed by atoms with Crippen LogP contribution in [0.3, 0.4) is 0 Å². The van der Waals surface area contributed by atoms with E-state index in [-0.39, 0.29) is 5.56 Å². The third-order valence-electron chi connectivity index (χ3n) is 2.82. The van der Waals surface area contributed by atoms with Gasteiger partial charge in [0.25, 0.3) is 0 Å². The summed E-state index contributed by atoms with van der Waals surface area (Å²) in [4.78, 5) is 11.1. The molecule has 1 heterocycles. The van der Waals surface area contributed by atoms with Crippen molar-refractivity contribution in [2.24, 2.45) is 0 Å². The van der Waals surface area contributed by atoms with Gasteiger partial charge >= 0.3 is 5.97 Å². The minimum Gasteiger partial charge on any atom is -0.478 e. The highest BCUT2D eigenvalue weighted by atomic mass is 19.1. The summed E-state index contributed by atoms with van der Waals surface area (Å²) in [5.41, 5.74) is 0.854. The highest BCUT2D eigenvalue weighted by molar-refractivity contribution is 6.03. The Morgan fingerprint density at radius 1 is 1.50 bits per heavy atom. The van der Waals surface area contributed by atoms with Crippen molar-refractivity contribution in [1.29, 1.82) is 0 Å². The molecule has 0 radical (unpaired) electrons. The minimum atomic E-state index is -1.05. The average Bonchev–Trinajstić information content (AvgIpc) is 2.68. The Hall–Kier alpha value is -1.88. The molecule has 2 aromatic rings. The number of carboxylic acid groups (broad SMARTS) is 1. The van der Waals surface area contributed by atoms with Gasteiger partial charge in [-0.1, -0.05) is 0 Å². The predicted octanol–water partition coefficient (Wildman–Crippen LogP) is 2.52. The van der Waals surface area contributed by atoms with Crippen molar-refractivity contribution in [2.45, 2.75) is 13.0 Å². The number of aromatic nitrogens is 1. The molecular formula is C13H14FNO3. The van der Waals surface area contributed by atoms with E-state index in [0.29, 0.717) is 18.5 Å². The SMILES string of the molecule is COCCCn1cc(C(=O)O)c2cc(F)ccc21. The van der Waals surface area contributed by atoms with Crippen LogP contribution in [0.25, 0.3) is 10.9 Å². The van der Waals surface area contributed by atoms with Gasteiger partial charge in [-0.15, -0.1) is 0 Å². The number of methoxy groups -OCH3 is 1. The Labute approximate surface area is 104 Å². The van der Waals surface area contributed by atoms with Crippen LogP contribution >= 0.6 is 0 Å². The number of carboxylic acids is 1. The second-order valence-corrected chi connectivity index (χ2v) is 4.05. The molecule has 0 bridgehead atoms. The van der Waals surface area contributed by atoms with Crippen LogP contribution in [0.5, 0.6) is 0 Å². The summed E-state index contributed by atoms with van der Waals surface area (Å²) in [5, 5.41) is 9.53. The van der Waals surface area contributed by atoms with Crippen molar-refractivity contribution < 1.29 is 19.0 Å². The van der Waals surface area contributed by atoms with Crippen LogP contribution in [-0.2, 0) is 11.3 Å². The standard InChI is InChI=1S/C13H14FNO3/c1-18-6-2-5-15-8-11(13(16)17)10-7-9(14)3-4-12(10)15/h3-4,7-8H,2,5-6H2,1H3,(H,16,17). The van der Waals surface area contributed by atoms with Crippen LogP contribution < -0.4 is 0 Å². The van der Waals surface area contributed by atoms with Crippen LogP contribution in [0.1, 0.15) is 16.8 Å². The first-order valence-corrected chi connectivity index (χ1v) is 5.64. The third kappa shape index (κ3) is 2.36. The maximum atomic E-state index is 13.2. The first kappa shape index (κ1) is 12.6. The molecule has 0 aliphatic carbocycles. The second kappa shape index (κ2) is 5.18. The molecule has 2 rings (SSSR count). The Morgan fingerprint density at radius 2 is 2.28 bits per heavy atom. The van der Waals surface area contributed by atoms with Gasteiger partial charge in [0.15, 0.2) is 0 Å². The molecule has 96 valence electrons. The lowest BCUT2D eigenvalue weighted by molar-refractivity contribution is 0.0699. The monoisotopic (exact) mass is 251 g/mol. The maximum Gasteiger partial charge on any atom is 0.337 e. The molecule has 0 aliphatic heterocycles. The average molecular weight is 251 g/mol. The summed E-state index contributed by atoms with van der Waals surface area (Å²) in [5.74, 6) is -1.48. The molecule has 0 spiro atoms. The van der Waals surface area contributed by atoms with Gasteiger partial charge in [-0.2, -0.15) is 0 Å². The first-order valence-electron chi connectivity index (χ1n) is 5.64. The first-order chi connectivity index (χ1) is 8.63. The van der Waals surface area contributed by atoms with Crippen LogP contribution in [0.15, 0.2) is 24.4 Å². The number of halogens is 1. The maximum absolute atomic E-state index is 13.2. The number of rotatable bonds is 5. The number of aromatic carboxylic acids is 1. The number of fused-ring (bicyclic) bond motifs is 1. The number of hydrogen-bond donors (Lipinski definition) is 1. The third-order valence-corrected chi connectivity index (χ3v) is 2.82. The largest absolute Gasteiger partial charge is 0.478 e. The number of carbonyl (C=O) groups is 1. The molecule has 1 N–H and O–H groups in total. The van der Waals surface area contributed by atoms with E-state index in [2.05, 4.69) is 0 Å². The Morgan fingerprint density at radius 3 is 2.94 bits per heavy atom.